The summed E-state index contributed by atoms with van der Waals surface area (Å²) in [6.45, 7) is 6.33. The summed E-state index contributed by atoms with van der Waals surface area (Å²) >= 11 is 0. The van der Waals surface area contributed by atoms with Gasteiger partial charge in [-0.05, 0) is 106 Å². The van der Waals surface area contributed by atoms with Crippen molar-refractivity contribution in [2.45, 2.75) is 6.92 Å². The topological polar surface area (TPSA) is 8.17 Å². The van der Waals surface area contributed by atoms with E-state index in [0.717, 1.165) is 28.3 Å². The van der Waals surface area contributed by atoms with Gasteiger partial charge in [-0.15, -0.1) is 0 Å². The summed E-state index contributed by atoms with van der Waals surface area (Å²) in [5.41, 5.74) is 16.4. The van der Waals surface area contributed by atoms with E-state index in [-0.39, 0.29) is 0 Å². The van der Waals surface area contributed by atoms with E-state index in [1.165, 1.54) is 60.8 Å². The molecule has 2 heteroatoms. The monoisotopic (exact) mass is 678 g/mol. The minimum Gasteiger partial charge on any atom is -0.310 e. The second-order valence-corrected chi connectivity index (χ2v) is 13.5. The third-order valence-electron chi connectivity index (χ3n) is 10.4. The van der Waals surface area contributed by atoms with E-state index in [0.29, 0.717) is 0 Å². The first-order chi connectivity index (χ1) is 26.2. The highest BCUT2D eigenvalue weighted by Gasteiger charge is 2.19. The molecular weight excluding hydrogens is 641 g/mol. The van der Waals surface area contributed by atoms with Gasteiger partial charge in [-0.3, -0.25) is 0 Å². The number of para-hydroxylation sites is 2. The maximum atomic E-state index is 4.10. The van der Waals surface area contributed by atoms with Crippen molar-refractivity contribution in [1.29, 1.82) is 0 Å². The fourth-order valence-corrected chi connectivity index (χ4v) is 7.75. The molecule has 0 bridgehead atoms. The third-order valence-corrected chi connectivity index (χ3v) is 10.4. The van der Waals surface area contributed by atoms with E-state index in [2.05, 4.69) is 217 Å². The Balaban J connectivity index is 1.16. The maximum Gasteiger partial charge on any atom is 0.0547 e. The summed E-state index contributed by atoms with van der Waals surface area (Å²) < 4.78 is 2.38. The first-order valence-corrected chi connectivity index (χ1v) is 18.1. The molecule has 53 heavy (non-hydrogen) atoms. The number of nitrogens with zero attached hydrogens (tertiary/aromatic N) is 2. The van der Waals surface area contributed by atoms with Gasteiger partial charge < -0.3 is 9.47 Å². The number of hydrogen-bond donors (Lipinski definition) is 0. The van der Waals surface area contributed by atoms with Gasteiger partial charge in [0.1, 0.15) is 0 Å². The molecule has 0 N–H and O–H groups in total. The molecule has 9 rings (SSSR count). The smallest absolute Gasteiger partial charge is 0.0547 e. The van der Waals surface area contributed by atoms with Crippen LogP contribution in [0.4, 0.5) is 17.1 Å². The normalized spacial score (nSPS) is 11.2. The van der Waals surface area contributed by atoms with Gasteiger partial charge in [0.2, 0.25) is 0 Å². The molecule has 9 aromatic rings. The lowest BCUT2D eigenvalue weighted by Gasteiger charge is -2.28. The Labute approximate surface area is 311 Å². The summed E-state index contributed by atoms with van der Waals surface area (Å²) in [6.07, 6.45) is 1.94. The molecule has 0 radical (unpaired) electrons. The minimum atomic E-state index is 1.10. The Morgan fingerprint density at radius 1 is 0.453 bits per heavy atom. The summed E-state index contributed by atoms with van der Waals surface area (Å²) in [7, 11) is 0. The molecule has 0 fully saturated rings. The summed E-state index contributed by atoms with van der Waals surface area (Å²) in [6, 6.07) is 69.8. The predicted octanol–water partition coefficient (Wildman–Crippen LogP) is 14.2. The Morgan fingerprint density at radius 3 is 1.72 bits per heavy atom. The molecule has 0 saturated heterocycles. The fraction of sp³-hybridized carbons (Fsp3) is 0.0196. The molecule has 0 aliphatic rings. The summed E-state index contributed by atoms with van der Waals surface area (Å²) in [5.74, 6) is 0. The quantitative estimate of drug-likeness (QED) is 0.155. The first kappa shape index (κ1) is 32.0. The Kier molecular flexibility index (Phi) is 8.26. The third kappa shape index (κ3) is 5.81. The lowest BCUT2D eigenvalue weighted by Crippen LogP contribution is -2.12. The van der Waals surface area contributed by atoms with Crippen LogP contribution in [-0.4, -0.2) is 4.57 Å². The van der Waals surface area contributed by atoms with E-state index < -0.39 is 0 Å². The van der Waals surface area contributed by atoms with Crippen LogP contribution < -0.4 is 4.90 Å². The van der Waals surface area contributed by atoms with Gasteiger partial charge in [0, 0.05) is 33.5 Å². The number of anilines is 3. The van der Waals surface area contributed by atoms with E-state index in [1.54, 1.807) is 0 Å². The van der Waals surface area contributed by atoms with Crippen molar-refractivity contribution in [2.75, 3.05) is 4.90 Å². The average molecular weight is 679 g/mol. The van der Waals surface area contributed by atoms with E-state index in [1.807, 2.05) is 6.08 Å². The van der Waals surface area contributed by atoms with Crippen molar-refractivity contribution >= 4 is 44.9 Å². The standard InChI is InChI=1S/C51H38N2/c1-3-37-15-10-11-20-46(37)45-22-14-24-49(36(45)2)52(43-30-25-39(26-31-43)38-16-6-4-7-17-38)44-32-27-40(28-33-44)41-29-34-48-47-21-12-13-23-50(47)53(51(48)35-41)42-18-8-5-9-19-42/h3-35H,1H2,2H3. The Bertz CT molecular complexity index is 2720. The van der Waals surface area contributed by atoms with Crippen molar-refractivity contribution in [3.8, 4) is 39.1 Å². The number of aromatic nitrogens is 1. The molecule has 0 unspecified atom stereocenters. The van der Waals surface area contributed by atoms with Crippen LogP contribution in [0.3, 0.4) is 0 Å². The van der Waals surface area contributed by atoms with Crippen LogP contribution in [0, 0.1) is 6.92 Å². The van der Waals surface area contributed by atoms with Gasteiger partial charge >= 0.3 is 0 Å². The van der Waals surface area contributed by atoms with Crippen molar-refractivity contribution < 1.29 is 0 Å². The fourth-order valence-electron chi connectivity index (χ4n) is 7.75. The molecule has 0 aliphatic heterocycles. The van der Waals surface area contributed by atoms with Crippen LogP contribution in [0.5, 0.6) is 0 Å². The highest BCUT2D eigenvalue weighted by Crippen LogP contribution is 2.42. The van der Waals surface area contributed by atoms with Gasteiger partial charge in [0.05, 0.1) is 11.0 Å². The second-order valence-electron chi connectivity index (χ2n) is 13.5. The molecular formula is C51H38N2. The largest absolute Gasteiger partial charge is 0.310 e. The van der Waals surface area contributed by atoms with E-state index in [4.69, 9.17) is 0 Å². The zero-order valence-electron chi connectivity index (χ0n) is 29.7. The molecule has 0 spiro atoms. The molecule has 0 atom stereocenters. The lowest BCUT2D eigenvalue weighted by molar-refractivity contribution is 1.18. The van der Waals surface area contributed by atoms with Gasteiger partial charge in [0.25, 0.3) is 0 Å². The van der Waals surface area contributed by atoms with Crippen molar-refractivity contribution in [3.63, 3.8) is 0 Å². The van der Waals surface area contributed by atoms with Crippen LogP contribution in [0.25, 0.3) is 66.9 Å². The highest BCUT2D eigenvalue weighted by atomic mass is 15.1. The van der Waals surface area contributed by atoms with Crippen molar-refractivity contribution in [3.05, 3.63) is 212 Å². The molecule has 2 nitrogen and oxygen atoms in total. The van der Waals surface area contributed by atoms with Crippen LogP contribution in [-0.2, 0) is 0 Å². The van der Waals surface area contributed by atoms with Crippen LogP contribution in [0.1, 0.15) is 11.1 Å². The molecule has 0 aliphatic carbocycles. The zero-order chi connectivity index (χ0) is 35.7. The lowest BCUT2D eigenvalue weighted by atomic mass is 9.94. The average Bonchev–Trinajstić information content (AvgIpc) is 3.56. The van der Waals surface area contributed by atoms with Crippen LogP contribution >= 0.6 is 0 Å². The zero-order valence-corrected chi connectivity index (χ0v) is 29.7. The molecule has 8 aromatic carbocycles. The van der Waals surface area contributed by atoms with Crippen molar-refractivity contribution in [1.82, 2.24) is 4.57 Å². The van der Waals surface area contributed by atoms with E-state index in [9.17, 15) is 0 Å². The SMILES string of the molecule is C=Cc1ccccc1-c1cccc(N(c2ccc(-c3ccccc3)cc2)c2ccc(-c3ccc4c5ccccc5n(-c5ccccc5)c4c3)cc2)c1C. The molecule has 0 amide bonds. The Morgan fingerprint density at radius 2 is 1.00 bits per heavy atom. The van der Waals surface area contributed by atoms with E-state index >= 15 is 0 Å². The number of benzene rings is 8. The maximum absolute atomic E-state index is 4.10. The molecule has 1 heterocycles. The molecule has 1 aromatic heterocycles. The van der Waals surface area contributed by atoms with Gasteiger partial charge in [-0.25, -0.2) is 0 Å². The predicted molar refractivity (Wildman–Crippen MR) is 227 cm³/mol. The van der Waals surface area contributed by atoms with Gasteiger partial charge in [0.15, 0.2) is 0 Å². The van der Waals surface area contributed by atoms with Crippen molar-refractivity contribution in [2.24, 2.45) is 0 Å². The minimum absolute atomic E-state index is 1.10. The summed E-state index contributed by atoms with van der Waals surface area (Å²) in [4.78, 5) is 2.38. The first-order valence-electron chi connectivity index (χ1n) is 18.1. The van der Waals surface area contributed by atoms with Crippen LogP contribution in [0.2, 0.25) is 0 Å². The molecule has 0 saturated carbocycles. The highest BCUT2D eigenvalue weighted by molar-refractivity contribution is 6.10. The summed E-state index contributed by atoms with van der Waals surface area (Å²) in [5, 5.41) is 2.51. The van der Waals surface area contributed by atoms with Gasteiger partial charge in [-0.1, -0.05) is 152 Å². The number of hydrogen-bond acceptors (Lipinski definition) is 1. The Hall–Kier alpha value is -6.90. The number of rotatable bonds is 8. The van der Waals surface area contributed by atoms with Gasteiger partial charge in [-0.2, -0.15) is 0 Å². The number of fused-ring (bicyclic) bond motifs is 3. The van der Waals surface area contributed by atoms with Crippen LogP contribution in [0.15, 0.2) is 201 Å². The second kappa shape index (κ2) is 13.7. The molecule has 252 valence electrons.